The number of aromatic nitrogens is 5. The summed E-state index contributed by atoms with van der Waals surface area (Å²) >= 11 is 0. The first-order valence-corrected chi connectivity index (χ1v) is 9.71. The lowest BCUT2D eigenvalue weighted by Gasteiger charge is -2.21. The molecule has 3 aromatic rings. The standard InChI is InChI=1S/C20H24N6O/c1-4-16(14-21-8-1)25-9-2-5-17(25)15-24-10-7-19-22-23-20(26(19)12-11-24)18-6-3-13-27-18/h1-2,4-5,8-9,14,18H,3,6-7,10-13,15H2. The van der Waals surface area contributed by atoms with E-state index in [9.17, 15) is 0 Å². The molecule has 0 aromatic carbocycles. The summed E-state index contributed by atoms with van der Waals surface area (Å²) in [7, 11) is 0. The molecule has 0 radical (unpaired) electrons. The average Bonchev–Trinajstić information content (AvgIpc) is 3.43. The molecule has 1 saturated heterocycles. The minimum absolute atomic E-state index is 0.126. The molecule has 3 aromatic heterocycles. The number of rotatable bonds is 4. The van der Waals surface area contributed by atoms with Crippen LogP contribution in [-0.4, -0.2) is 48.9 Å². The van der Waals surface area contributed by atoms with Crippen molar-refractivity contribution in [2.45, 2.75) is 38.5 Å². The highest BCUT2D eigenvalue weighted by Gasteiger charge is 2.27. The molecule has 27 heavy (non-hydrogen) atoms. The molecule has 0 bridgehead atoms. The Morgan fingerprint density at radius 2 is 2.11 bits per heavy atom. The first-order chi connectivity index (χ1) is 13.4. The third-order valence-corrected chi connectivity index (χ3v) is 5.51. The number of nitrogens with zero attached hydrogens (tertiary/aromatic N) is 6. The zero-order valence-electron chi connectivity index (χ0n) is 15.4. The lowest BCUT2D eigenvalue weighted by atomic mass is 10.2. The van der Waals surface area contributed by atoms with Crippen LogP contribution in [-0.2, 0) is 24.2 Å². The van der Waals surface area contributed by atoms with E-state index >= 15 is 0 Å². The Labute approximate surface area is 158 Å². The van der Waals surface area contributed by atoms with Gasteiger partial charge in [-0.2, -0.15) is 0 Å². The fourth-order valence-corrected chi connectivity index (χ4v) is 4.09. The summed E-state index contributed by atoms with van der Waals surface area (Å²) in [6.45, 7) is 4.65. The largest absolute Gasteiger partial charge is 0.370 e. The molecule has 0 saturated carbocycles. The summed E-state index contributed by atoms with van der Waals surface area (Å²) < 4.78 is 10.3. The van der Waals surface area contributed by atoms with Crippen molar-refractivity contribution in [3.63, 3.8) is 0 Å². The monoisotopic (exact) mass is 364 g/mol. The maximum absolute atomic E-state index is 5.83. The van der Waals surface area contributed by atoms with Crippen LogP contribution in [0.25, 0.3) is 5.69 Å². The molecule has 2 aliphatic heterocycles. The maximum Gasteiger partial charge on any atom is 0.162 e. The van der Waals surface area contributed by atoms with Gasteiger partial charge in [0.25, 0.3) is 0 Å². The molecule has 2 aliphatic rings. The molecule has 1 unspecified atom stereocenters. The second kappa shape index (κ2) is 7.25. The topological polar surface area (TPSA) is 61.0 Å². The molecule has 5 heterocycles. The van der Waals surface area contributed by atoms with E-state index in [1.54, 1.807) is 0 Å². The molecule has 0 N–H and O–H groups in total. The Hall–Kier alpha value is -2.51. The van der Waals surface area contributed by atoms with Crippen LogP contribution in [0, 0.1) is 0 Å². The van der Waals surface area contributed by atoms with E-state index < -0.39 is 0 Å². The third-order valence-electron chi connectivity index (χ3n) is 5.51. The highest BCUT2D eigenvalue weighted by atomic mass is 16.5. The Balaban J connectivity index is 1.31. The highest BCUT2D eigenvalue weighted by Crippen LogP contribution is 2.28. The fourth-order valence-electron chi connectivity index (χ4n) is 4.09. The quantitative estimate of drug-likeness (QED) is 0.711. The molecule has 5 rings (SSSR count). The van der Waals surface area contributed by atoms with Crippen molar-refractivity contribution in [3.8, 4) is 5.69 Å². The van der Waals surface area contributed by atoms with Crippen LogP contribution in [0.4, 0.5) is 0 Å². The number of hydrogen-bond acceptors (Lipinski definition) is 5. The van der Waals surface area contributed by atoms with Gasteiger partial charge >= 0.3 is 0 Å². The molecule has 0 spiro atoms. The number of pyridine rings is 1. The van der Waals surface area contributed by atoms with Gasteiger partial charge in [0.15, 0.2) is 5.82 Å². The predicted octanol–water partition coefficient (Wildman–Crippen LogP) is 2.37. The van der Waals surface area contributed by atoms with E-state index in [1.165, 1.54) is 5.69 Å². The van der Waals surface area contributed by atoms with Gasteiger partial charge in [-0.15, -0.1) is 10.2 Å². The van der Waals surface area contributed by atoms with Gasteiger partial charge in [-0.3, -0.25) is 9.88 Å². The smallest absolute Gasteiger partial charge is 0.162 e. The molecule has 140 valence electrons. The Bertz CT molecular complexity index is 896. The van der Waals surface area contributed by atoms with Crippen LogP contribution in [0.3, 0.4) is 0 Å². The molecule has 0 amide bonds. The summed E-state index contributed by atoms with van der Waals surface area (Å²) in [6, 6.07) is 8.36. The minimum Gasteiger partial charge on any atom is -0.370 e. The molecular formula is C20H24N6O. The summed E-state index contributed by atoms with van der Waals surface area (Å²) in [4.78, 5) is 6.74. The number of hydrogen-bond donors (Lipinski definition) is 0. The van der Waals surface area contributed by atoms with Gasteiger partial charge in [-0.25, -0.2) is 0 Å². The van der Waals surface area contributed by atoms with Crippen molar-refractivity contribution in [2.75, 3.05) is 19.7 Å². The summed E-state index contributed by atoms with van der Waals surface area (Å²) in [5.41, 5.74) is 2.38. The summed E-state index contributed by atoms with van der Waals surface area (Å²) in [6.07, 6.45) is 9.04. The molecule has 1 fully saturated rings. The van der Waals surface area contributed by atoms with E-state index in [-0.39, 0.29) is 6.10 Å². The predicted molar refractivity (Wildman–Crippen MR) is 100 cm³/mol. The van der Waals surface area contributed by atoms with Crippen molar-refractivity contribution in [3.05, 3.63) is 60.2 Å². The van der Waals surface area contributed by atoms with Gasteiger partial charge in [0, 0.05) is 57.3 Å². The SMILES string of the molecule is c1cncc(-n2cccc2CN2CCc3nnc(C4CCCO4)n3CC2)c1. The lowest BCUT2D eigenvalue weighted by molar-refractivity contribution is 0.101. The Kier molecular flexibility index (Phi) is 4.47. The molecule has 7 nitrogen and oxygen atoms in total. The first kappa shape index (κ1) is 16.6. The Morgan fingerprint density at radius 3 is 2.96 bits per heavy atom. The van der Waals surface area contributed by atoms with Gasteiger partial charge in [-0.1, -0.05) is 0 Å². The van der Waals surface area contributed by atoms with Gasteiger partial charge < -0.3 is 13.9 Å². The fraction of sp³-hybridized carbons (Fsp3) is 0.450. The number of fused-ring (bicyclic) bond motifs is 1. The number of ether oxygens (including phenoxy) is 1. The summed E-state index contributed by atoms with van der Waals surface area (Å²) in [5, 5.41) is 8.89. The van der Waals surface area contributed by atoms with Crippen LogP contribution in [0.15, 0.2) is 42.9 Å². The van der Waals surface area contributed by atoms with Crippen molar-refractivity contribution >= 4 is 0 Å². The van der Waals surface area contributed by atoms with Gasteiger partial charge in [0.05, 0.1) is 11.9 Å². The van der Waals surface area contributed by atoms with E-state index in [4.69, 9.17) is 4.74 Å². The normalized spacial score (nSPS) is 20.5. The zero-order chi connectivity index (χ0) is 18.1. The average molecular weight is 364 g/mol. The Morgan fingerprint density at radius 1 is 1.11 bits per heavy atom. The second-order valence-corrected chi connectivity index (χ2v) is 7.23. The van der Waals surface area contributed by atoms with Crippen molar-refractivity contribution in [1.82, 2.24) is 29.2 Å². The minimum atomic E-state index is 0.126. The van der Waals surface area contributed by atoms with E-state index in [2.05, 4.69) is 53.6 Å². The van der Waals surface area contributed by atoms with E-state index in [1.807, 2.05) is 18.5 Å². The summed E-state index contributed by atoms with van der Waals surface area (Å²) in [5.74, 6) is 2.11. The molecule has 0 aliphatic carbocycles. The maximum atomic E-state index is 5.83. The third kappa shape index (κ3) is 3.28. The van der Waals surface area contributed by atoms with Crippen molar-refractivity contribution in [1.29, 1.82) is 0 Å². The van der Waals surface area contributed by atoms with Crippen LogP contribution >= 0.6 is 0 Å². The van der Waals surface area contributed by atoms with Crippen LogP contribution in [0.1, 0.15) is 36.3 Å². The van der Waals surface area contributed by atoms with E-state index in [0.717, 1.165) is 69.4 Å². The van der Waals surface area contributed by atoms with Crippen LogP contribution in [0.5, 0.6) is 0 Å². The van der Waals surface area contributed by atoms with Crippen LogP contribution in [0.2, 0.25) is 0 Å². The molecular weight excluding hydrogens is 340 g/mol. The van der Waals surface area contributed by atoms with Gasteiger partial charge in [0.2, 0.25) is 0 Å². The van der Waals surface area contributed by atoms with Crippen molar-refractivity contribution in [2.24, 2.45) is 0 Å². The first-order valence-electron chi connectivity index (χ1n) is 9.71. The second-order valence-electron chi connectivity index (χ2n) is 7.23. The van der Waals surface area contributed by atoms with Gasteiger partial charge in [0.1, 0.15) is 11.9 Å². The molecule has 1 atom stereocenters. The van der Waals surface area contributed by atoms with Crippen molar-refractivity contribution < 1.29 is 4.74 Å². The highest BCUT2D eigenvalue weighted by molar-refractivity contribution is 5.32. The van der Waals surface area contributed by atoms with Crippen LogP contribution < -0.4 is 0 Å². The van der Waals surface area contributed by atoms with E-state index in [0.29, 0.717) is 0 Å². The lowest BCUT2D eigenvalue weighted by Crippen LogP contribution is -2.27. The zero-order valence-corrected chi connectivity index (χ0v) is 15.4. The van der Waals surface area contributed by atoms with Gasteiger partial charge in [-0.05, 0) is 37.1 Å². The molecule has 7 heteroatoms.